The monoisotopic (exact) mass is 365 g/mol. The van der Waals surface area contributed by atoms with Gasteiger partial charge in [0.1, 0.15) is 5.82 Å². The number of anilines is 1. The average Bonchev–Trinajstić information content (AvgIpc) is 3.37. The van der Waals surface area contributed by atoms with E-state index in [1.54, 1.807) is 0 Å². The largest absolute Gasteiger partial charge is 0.454 e. The molecule has 3 aromatic rings. The molecule has 8 heteroatoms. The van der Waals surface area contributed by atoms with Crippen molar-refractivity contribution in [3.8, 4) is 17.3 Å². The average molecular weight is 365 g/mol. The Morgan fingerprint density at radius 2 is 1.89 bits per heavy atom. The number of benzene rings is 1. The van der Waals surface area contributed by atoms with Gasteiger partial charge in [-0.25, -0.2) is 0 Å². The highest BCUT2D eigenvalue weighted by molar-refractivity contribution is 5.78. The van der Waals surface area contributed by atoms with E-state index >= 15 is 0 Å². The maximum absolute atomic E-state index is 12.1. The first kappa shape index (κ1) is 16.9. The molecule has 8 nitrogen and oxygen atoms in total. The van der Waals surface area contributed by atoms with Gasteiger partial charge in [-0.2, -0.15) is 0 Å². The first-order valence-electron chi connectivity index (χ1n) is 8.64. The van der Waals surface area contributed by atoms with Crippen molar-refractivity contribution in [2.45, 2.75) is 6.42 Å². The lowest BCUT2D eigenvalue weighted by atomic mass is 10.1. The van der Waals surface area contributed by atoms with Gasteiger partial charge in [0, 0.05) is 25.5 Å². The first-order chi connectivity index (χ1) is 13.3. The minimum absolute atomic E-state index is 0.0512. The molecule has 0 fully saturated rings. The molecule has 0 radical (unpaired) electrons. The van der Waals surface area contributed by atoms with Crippen molar-refractivity contribution >= 4 is 11.7 Å². The molecule has 0 unspecified atom stereocenters. The van der Waals surface area contributed by atoms with Crippen LogP contribution in [0.4, 0.5) is 5.82 Å². The lowest BCUT2D eigenvalue weighted by molar-refractivity contribution is -0.120. The summed E-state index contributed by atoms with van der Waals surface area (Å²) in [5.74, 6) is 2.76. The first-order valence-corrected chi connectivity index (χ1v) is 8.64. The van der Waals surface area contributed by atoms with Gasteiger partial charge < -0.3 is 24.7 Å². The van der Waals surface area contributed by atoms with Crippen LogP contribution in [0.3, 0.4) is 0 Å². The summed E-state index contributed by atoms with van der Waals surface area (Å²) in [6.07, 6.45) is 4.11. The Bertz CT molecular complexity index is 910. The van der Waals surface area contributed by atoms with Crippen LogP contribution in [0, 0.1) is 0 Å². The Kier molecular flexibility index (Phi) is 4.86. The molecule has 138 valence electrons. The molecule has 1 amide bonds. The van der Waals surface area contributed by atoms with E-state index < -0.39 is 0 Å². The molecule has 0 aliphatic carbocycles. The molecular formula is C19H19N5O3. The van der Waals surface area contributed by atoms with Crippen LogP contribution in [-0.2, 0) is 11.2 Å². The van der Waals surface area contributed by atoms with Gasteiger partial charge in [-0.05, 0) is 42.0 Å². The van der Waals surface area contributed by atoms with Crippen molar-refractivity contribution in [1.82, 2.24) is 20.1 Å². The zero-order valence-corrected chi connectivity index (χ0v) is 14.6. The topological polar surface area (TPSA) is 90.3 Å². The van der Waals surface area contributed by atoms with Gasteiger partial charge in [0.15, 0.2) is 17.3 Å². The van der Waals surface area contributed by atoms with Crippen LogP contribution >= 0.6 is 0 Å². The molecule has 27 heavy (non-hydrogen) atoms. The number of carbonyl (C=O) groups excluding carboxylic acids is 1. The molecule has 0 bridgehead atoms. The number of rotatable bonds is 7. The quantitative estimate of drug-likeness (QED) is 0.620. The Hall–Kier alpha value is -3.55. The number of amides is 1. The summed E-state index contributed by atoms with van der Waals surface area (Å²) < 4.78 is 12.5. The molecule has 2 aromatic heterocycles. The van der Waals surface area contributed by atoms with Gasteiger partial charge >= 0.3 is 0 Å². The summed E-state index contributed by atoms with van der Waals surface area (Å²) in [4.78, 5) is 12.1. The minimum atomic E-state index is -0.0512. The fourth-order valence-electron chi connectivity index (χ4n) is 2.74. The Balaban J connectivity index is 1.20. The standard InChI is InChI=1S/C19H19N5O3/c25-19(12-14-3-4-15-16(11-14)27-13-26-15)21-8-7-20-17-5-6-18(23-22-17)24-9-1-2-10-24/h1-6,9-11H,7-8,12-13H2,(H,20,22)(H,21,25). The van der Waals surface area contributed by atoms with Crippen LogP contribution in [0.5, 0.6) is 11.5 Å². The fraction of sp³-hybridized carbons (Fsp3) is 0.211. The number of fused-ring (bicyclic) bond motifs is 1. The highest BCUT2D eigenvalue weighted by Crippen LogP contribution is 2.32. The van der Waals surface area contributed by atoms with Gasteiger partial charge in [-0.15, -0.1) is 10.2 Å². The zero-order chi connectivity index (χ0) is 18.5. The van der Waals surface area contributed by atoms with Crippen molar-refractivity contribution in [2.24, 2.45) is 0 Å². The second kappa shape index (κ2) is 7.77. The SMILES string of the molecule is O=C(Cc1ccc2c(c1)OCO2)NCCNc1ccc(-n2cccc2)nn1. The molecule has 1 aromatic carbocycles. The van der Waals surface area contributed by atoms with Gasteiger partial charge in [0.05, 0.1) is 6.42 Å². The molecule has 1 aliphatic heterocycles. The summed E-state index contributed by atoms with van der Waals surface area (Å²) in [6.45, 7) is 1.28. The van der Waals surface area contributed by atoms with Crippen molar-refractivity contribution in [2.75, 3.05) is 25.2 Å². The summed E-state index contributed by atoms with van der Waals surface area (Å²) in [7, 11) is 0. The van der Waals surface area contributed by atoms with Crippen molar-refractivity contribution in [3.05, 3.63) is 60.4 Å². The van der Waals surface area contributed by atoms with Crippen LogP contribution in [0.25, 0.3) is 5.82 Å². The van der Waals surface area contributed by atoms with Crippen molar-refractivity contribution in [3.63, 3.8) is 0 Å². The van der Waals surface area contributed by atoms with E-state index in [-0.39, 0.29) is 12.7 Å². The summed E-state index contributed by atoms with van der Waals surface area (Å²) in [5, 5.41) is 14.3. The van der Waals surface area contributed by atoms with Gasteiger partial charge in [0.2, 0.25) is 12.7 Å². The van der Waals surface area contributed by atoms with Gasteiger partial charge in [-0.3, -0.25) is 4.79 Å². The molecule has 4 rings (SSSR count). The Morgan fingerprint density at radius 3 is 2.70 bits per heavy atom. The predicted octanol–water partition coefficient (Wildman–Crippen LogP) is 1.77. The maximum atomic E-state index is 12.1. The number of aromatic nitrogens is 3. The Labute approximate surface area is 156 Å². The number of carbonyl (C=O) groups is 1. The van der Waals surface area contributed by atoms with Gasteiger partial charge in [-0.1, -0.05) is 6.07 Å². The third kappa shape index (κ3) is 4.17. The molecular weight excluding hydrogens is 346 g/mol. The summed E-state index contributed by atoms with van der Waals surface area (Å²) in [5.41, 5.74) is 0.885. The van der Waals surface area contributed by atoms with E-state index in [9.17, 15) is 4.79 Å². The van der Waals surface area contributed by atoms with Crippen LogP contribution in [-0.4, -0.2) is 40.6 Å². The smallest absolute Gasteiger partial charge is 0.231 e. The molecule has 0 atom stereocenters. The van der Waals surface area contributed by atoms with Crippen LogP contribution in [0.1, 0.15) is 5.56 Å². The maximum Gasteiger partial charge on any atom is 0.231 e. The minimum Gasteiger partial charge on any atom is -0.454 e. The molecule has 3 heterocycles. The van der Waals surface area contributed by atoms with Crippen molar-refractivity contribution in [1.29, 1.82) is 0 Å². The number of nitrogens with one attached hydrogen (secondary N) is 2. The number of ether oxygens (including phenoxy) is 2. The van der Waals surface area contributed by atoms with E-state index in [2.05, 4.69) is 20.8 Å². The van der Waals surface area contributed by atoms with E-state index in [0.717, 1.165) is 11.4 Å². The molecule has 2 N–H and O–H groups in total. The normalized spacial score (nSPS) is 12.0. The van der Waals surface area contributed by atoms with Crippen molar-refractivity contribution < 1.29 is 14.3 Å². The molecule has 1 aliphatic rings. The third-order valence-electron chi connectivity index (χ3n) is 4.07. The highest BCUT2D eigenvalue weighted by atomic mass is 16.7. The molecule has 0 saturated heterocycles. The van der Waals surface area contributed by atoms with Crippen LogP contribution < -0.4 is 20.1 Å². The second-order valence-electron chi connectivity index (χ2n) is 6.01. The van der Waals surface area contributed by atoms with E-state index in [1.807, 2.05) is 59.4 Å². The lowest BCUT2D eigenvalue weighted by Gasteiger charge is -2.08. The number of hydrogen-bond donors (Lipinski definition) is 2. The molecule has 0 saturated carbocycles. The number of hydrogen-bond acceptors (Lipinski definition) is 6. The van der Waals surface area contributed by atoms with E-state index in [4.69, 9.17) is 9.47 Å². The second-order valence-corrected chi connectivity index (χ2v) is 6.01. The lowest BCUT2D eigenvalue weighted by Crippen LogP contribution is -2.30. The summed E-state index contributed by atoms with van der Waals surface area (Å²) >= 11 is 0. The van der Waals surface area contributed by atoms with Crippen LogP contribution in [0.15, 0.2) is 54.9 Å². The highest BCUT2D eigenvalue weighted by Gasteiger charge is 2.14. The fourth-order valence-corrected chi connectivity index (χ4v) is 2.74. The zero-order valence-electron chi connectivity index (χ0n) is 14.6. The third-order valence-corrected chi connectivity index (χ3v) is 4.07. The Morgan fingerprint density at radius 1 is 1.04 bits per heavy atom. The predicted molar refractivity (Wildman–Crippen MR) is 99.1 cm³/mol. The van der Waals surface area contributed by atoms with E-state index in [0.29, 0.717) is 36.8 Å². The van der Waals surface area contributed by atoms with Gasteiger partial charge in [0.25, 0.3) is 0 Å². The molecule has 0 spiro atoms. The summed E-state index contributed by atoms with van der Waals surface area (Å²) in [6, 6.07) is 13.1. The van der Waals surface area contributed by atoms with E-state index in [1.165, 1.54) is 0 Å². The van der Waals surface area contributed by atoms with Crippen LogP contribution in [0.2, 0.25) is 0 Å². The number of nitrogens with zero attached hydrogens (tertiary/aromatic N) is 3.